The fraction of sp³-hybridized carbons (Fsp3) is 0.381. The summed E-state index contributed by atoms with van der Waals surface area (Å²) in [6, 6.07) is 5.28. The number of nitrogens with one attached hydrogen (secondary N) is 2. The van der Waals surface area contributed by atoms with Crippen molar-refractivity contribution in [1.29, 1.82) is 0 Å². The molecule has 3 aromatic rings. The van der Waals surface area contributed by atoms with E-state index in [1.165, 1.54) is 12.8 Å². The van der Waals surface area contributed by atoms with Crippen LogP contribution in [0.25, 0.3) is 11.3 Å². The van der Waals surface area contributed by atoms with Crippen LogP contribution in [0.15, 0.2) is 30.6 Å². The maximum absolute atomic E-state index is 12.5. The second kappa shape index (κ2) is 8.48. The number of ether oxygens (including phenoxy) is 3. The lowest BCUT2D eigenvalue weighted by molar-refractivity contribution is 0.0947. The van der Waals surface area contributed by atoms with Gasteiger partial charge in [-0.05, 0) is 31.0 Å². The van der Waals surface area contributed by atoms with Gasteiger partial charge < -0.3 is 24.1 Å². The van der Waals surface area contributed by atoms with Gasteiger partial charge in [0.2, 0.25) is 5.75 Å². The smallest absolute Gasteiger partial charge is 0.269 e. The van der Waals surface area contributed by atoms with E-state index in [1.54, 1.807) is 39.5 Å². The minimum atomic E-state index is -0.214. The molecule has 1 aliphatic rings. The number of amides is 1. The van der Waals surface area contributed by atoms with Crippen LogP contribution >= 0.6 is 0 Å². The van der Waals surface area contributed by atoms with Gasteiger partial charge in [-0.2, -0.15) is 5.10 Å². The first-order valence-corrected chi connectivity index (χ1v) is 9.79. The number of imidazole rings is 1. The van der Waals surface area contributed by atoms with Crippen molar-refractivity contribution in [2.45, 2.75) is 25.3 Å². The number of hydrogen-bond donors (Lipinski definition) is 2. The van der Waals surface area contributed by atoms with E-state index in [0.717, 1.165) is 11.4 Å². The Bertz CT molecular complexity index is 1010. The number of hydrogen-bond acceptors (Lipinski definition) is 6. The van der Waals surface area contributed by atoms with E-state index in [2.05, 4.69) is 25.1 Å². The molecule has 158 valence electrons. The van der Waals surface area contributed by atoms with Crippen LogP contribution in [0.1, 0.15) is 35.1 Å². The second-order valence-electron chi connectivity index (χ2n) is 7.09. The maximum atomic E-state index is 12.5. The van der Waals surface area contributed by atoms with Crippen LogP contribution < -0.4 is 19.5 Å². The Labute approximate surface area is 174 Å². The fourth-order valence-corrected chi connectivity index (χ4v) is 3.41. The normalized spacial score (nSPS) is 13.2. The molecule has 0 atom stereocenters. The maximum Gasteiger partial charge on any atom is 0.269 e. The zero-order valence-electron chi connectivity index (χ0n) is 17.3. The minimum Gasteiger partial charge on any atom is -0.493 e. The summed E-state index contributed by atoms with van der Waals surface area (Å²) in [7, 11) is 4.66. The van der Waals surface area contributed by atoms with Crippen LogP contribution in [-0.2, 0) is 6.54 Å². The Morgan fingerprint density at radius 1 is 1.17 bits per heavy atom. The van der Waals surface area contributed by atoms with Gasteiger partial charge >= 0.3 is 0 Å². The number of benzene rings is 1. The van der Waals surface area contributed by atoms with Crippen LogP contribution in [0.4, 0.5) is 0 Å². The van der Waals surface area contributed by atoms with Crippen molar-refractivity contribution < 1.29 is 19.0 Å². The molecule has 0 spiro atoms. The van der Waals surface area contributed by atoms with Gasteiger partial charge in [0, 0.05) is 37.0 Å². The SMILES string of the molecule is COc1cc(-c2cc(C(=O)NCCn3ccnc3C3CC3)[nH]n2)cc(OC)c1OC. The Morgan fingerprint density at radius 3 is 2.53 bits per heavy atom. The predicted molar refractivity (Wildman–Crippen MR) is 110 cm³/mol. The summed E-state index contributed by atoms with van der Waals surface area (Å²) < 4.78 is 18.2. The Hall–Kier alpha value is -3.49. The molecule has 4 rings (SSSR count). The van der Waals surface area contributed by atoms with E-state index in [4.69, 9.17) is 14.2 Å². The van der Waals surface area contributed by atoms with Crippen molar-refractivity contribution in [3.8, 4) is 28.5 Å². The van der Waals surface area contributed by atoms with Crippen LogP contribution in [0, 0.1) is 0 Å². The van der Waals surface area contributed by atoms with E-state index in [1.807, 2.05) is 12.4 Å². The monoisotopic (exact) mass is 411 g/mol. The first kappa shape index (κ1) is 19.8. The summed E-state index contributed by atoms with van der Waals surface area (Å²) >= 11 is 0. The number of methoxy groups -OCH3 is 3. The molecule has 0 saturated heterocycles. The van der Waals surface area contributed by atoms with Gasteiger partial charge in [0.15, 0.2) is 11.5 Å². The summed E-state index contributed by atoms with van der Waals surface area (Å²) in [6.45, 7) is 1.19. The van der Waals surface area contributed by atoms with Gasteiger partial charge in [0.25, 0.3) is 5.91 Å². The second-order valence-corrected chi connectivity index (χ2v) is 7.09. The van der Waals surface area contributed by atoms with Gasteiger partial charge in [-0.25, -0.2) is 4.98 Å². The highest BCUT2D eigenvalue weighted by Gasteiger charge is 2.27. The third-order valence-corrected chi connectivity index (χ3v) is 5.11. The van der Waals surface area contributed by atoms with Gasteiger partial charge in [0.1, 0.15) is 11.5 Å². The van der Waals surface area contributed by atoms with E-state index in [9.17, 15) is 4.79 Å². The summed E-state index contributed by atoms with van der Waals surface area (Å²) in [5, 5.41) is 9.98. The largest absolute Gasteiger partial charge is 0.493 e. The molecular formula is C21H25N5O4. The standard InChI is InChI=1S/C21H25N5O4/c1-28-17-10-14(11-18(29-2)19(17)30-3)15-12-16(25-24-15)21(27)23-7-9-26-8-6-22-20(26)13-4-5-13/h6,8,10-13H,4-5,7,9H2,1-3H3,(H,23,27)(H,24,25). The molecule has 2 aromatic heterocycles. The molecule has 0 aliphatic heterocycles. The molecule has 1 fully saturated rings. The third-order valence-electron chi connectivity index (χ3n) is 5.11. The number of rotatable bonds is 9. The fourth-order valence-electron chi connectivity index (χ4n) is 3.41. The molecule has 0 bridgehead atoms. The molecule has 1 amide bonds. The first-order valence-electron chi connectivity index (χ1n) is 9.79. The molecule has 9 heteroatoms. The van der Waals surface area contributed by atoms with Crippen molar-refractivity contribution in [3.05, 3.63) is 42.1 Å². The zero-order valence-corrected chi connectivity index (χ0v) is 17.3. The van der Waals surface area contributed by atoms with Crippen LogP contribution in [0.2, 0.25) is 0 Å². The van der Waals surface area contributed by atoms with E-state index in [0.29, 0.717) is 47.6 Å². The minimum absolute atomic E-state index is 0.214. The van der Waals surface area contributed by atoms with Gasteiger partial charge in [-0.1, -0.05) is 0 Å². The van der Waals surface area contributed by atoms with Crippen molar-refractivity contribution in [2.24, 2.45) is 0 Å². The van der Waals surface area contributed by atoms with Crippen molar-refractivity contribution >= 4 is 5.91 Å². The quantitative estimate of drug-likeness (QED) is 0.561. The van der Waals surface area contributed by atoms with Gasteiger partial charge in [-0.15, -0.1) is 0 Å². The van der Waals surface area contributed by atoms with Gasteiger partial charge in [0.05, 0.1) is 27.0 Å². The average Bonchev–Trinajstić information content (AvgIpc) is 3.29. The number of nitrogens with zero attached hydrogens (tertiary/aromatic N) is 3. The molecule has 1 aliphatic carbocycles. The highest BCUT2D eigenvalue weighted by atomic mass is 16.5. The highest BCUT2D eigenvalue weighted by Crippen LogP contribution is 2.41. The molecule has 2 heterocycles. The average molecular weight is 411 g/mol. The number of aromatic nitrogens is 4. The Morgan fingerprint density at radius 2 is 1.90 bits per heavy atom. The summed E-state index contributed by atoms with van der Waals surface area (Å²) in [5.41, 5.74) is 1.73. The van der Waals surface area contributed by atoms with Crippen LogP contribution in [-0.4, -0.2) is 53.5 Å². The van der Waals surface area contributed by atoms with E-state index in [-0.39, 0.29) is 5.91 Å². The lowest BCUT2D eigenvalue weighted by Gasteiger charge is -2.13. The number of H-pyrrole nitrogens is 1. The predicted octanol–water partition coefficient (Wildman–Crippen LogP) is 2.61. The lowest BCUT2D eigenvalue weighted by Crippen LogP contribution is -2.27. The molecule has 30 heavy (non-hydrogen) atoms. The van der Waals surface area contributed by atoms with Crippen molar-refractivity contribution in [1.82, 2.24) is 25.1 Å². The molecule has 1 aromatic carbocycles. The molecular weight excluding hydrogens is 386 g/mol. The van der Waals surface area contributed by atoms with Crippen LogP contribution in [0.3, 0.4) is 0 Å². The third kappa shape index (κ3) is 3.96. The summed E-state index contributed by atoms with van der Waals surface area (Å²) in [5.74, 6) is 3.01. The van der Waals surface area contributed by atoms with Gasteiger partial charge in [-0.3, -0.25) is 9.89 Å². The van der Waals surface area contributed by atoms with Crippen LogP contribution in [0.5, 0.6) is 17.2 Å². The Balaban J connectivity index is 1.43. The number of aromatic amines is 1. The Kier molecular flexibility index (Phi) is 5.60. The molecule has 0 unspecified atom stereocenters. The molecule has 2 N–H and O–H groups in total. The molecule has 9 nitrogen and oxygen atoms in total. The number of carbonyl (C=O) groups is 1. The van der Waals surface area contributed by atoms with Crippen molar-refractivity contribution in [3.63, 3.8) is 0 Å². The van der Waals surface area contributed by atoms with Crippen molar-refractivity contribution in [2.75, 3.05) is 27.9 Å². The zero-order chi connectivity index (χ0) is 21.1. The first-order chi connectivity index (χ1) is 14.6. The topological polar surface area (TPSA) is 103 Å². The summed E-state index contributed by atoms with van der Waals surface area (Å²) in [6.07, 6.45) is 6.16. The summed E-state index contributed by atoms with van der Waals surface area (Å²) in [4.78, 5) is 16.9. The highest BCUT2D eigenvalue weighted by molar-refractivity contribution is 5.93. The lowest BCUT2D eigenvalue weighted by atomic mass is 10.1. The van der Waals surface area contributed by atoms with E-state index < -0.39 is 0 Å². The number of carbonyl (C=O) groups excluding carboxylic acids is 1. The molecule has 0 radical (unpaired) electrons. The van der Waals surface area contributed by atoms with E-state index >= 15 is 0 Å². The molecule has 1 saturated carbocycles.